The molecule has 0 heterocycles. The van der Waals surface area contributed by atoms with Crippen LogP contribution in [0.1, 0.15) is 45.4 Å². The third-order valence-electron chi connectivity index (χ3n) is 5.15. The molecule has 2 atom stereocenters. The molecule has 0 aromatic heterocycles. The van der Waals surface area contributed by atoms with Crippen LogP contribution in [0.25, 0.3) is 0 Å². The first kappa shape index (κ1) is 15.5. The van der Waals surface area contributed by atoms with E-state index in [0.29, 0.717) is 21.5 Å². The molecule has 0 aliphatic heterocycles. The lowest BCUT2D eigenvalue weighted by molar-refractivity contribution is -0.0759. The normalized spacial score (nSPS) is 26.8. The highest BCUT2D eigenvalue weighted by atomic mass is 35.5. The Morgan fingerprint density at radius 3 is 2.76 bits per heavy atom. The summed E-state index contributed by atoms with van der Waals surface area (Å²) in [5, 5.41) is 4.81. The highest BCUT2D eigenvalue weighted by Crippen LogP contribution is 2.55. The van der Waals surface area contributed by atoms with E-state index < -0.39 is 0 Å². The van der Waals surface area contributed by atoms with Crippen molar-refractivity contribution in [1.82, 2.24) is 5.32 Å². The van der Waals surface area contributed by atoms with Crippen molar-refractivity contribution in [3.8, 4) is 5.75 Å². The molecule has 0 saturated heterocycles. The number of halogens is 2. The SMILES string of the molecule is CCCNC1CC(Oc2cccc(Cl)c2Cl)C12CCCC2. The average molecular weight is 328 g/mol. The fourth-order valence-corrected chi connectivity index (χ4v) is 4.29. The summed E-state index contributed by atoms with van der Waals surface area (Å²) in [6.45, 7) is 3.31. The minimum Gasteiger partial charge on any atom is -0.488 e. The van der Waals surface area contributed by atoms with Gasteiger partial charge in [0, 0.05) is 17.9 Å². The molecule has 21 heavy (non-hydrogen) atoms. The van der Waals surface area contributed by atoms with Crippen molar-refractivity contribution in [2.45, 2.75) is 57.6 Å². The van der Waals surface area contributed by atoms with Gasteiger partial charge in [0.1, 0.15) is 16.9 Å². The van der Waals surface area contributed by atoms with E-state index in [4.69, 9.17) is 27.9 Å². The molecule has 1 aromatic rings. The molecule has 0 amide bonds. The van der Waals surface area contributed by atoms with E-state index in [1.54, 1.807) is 6.07 Å². The van der Waals surface area contributed by atoms with Gasteiger partial charge in [-0.2, -0.15) is 0 Å². The summed E-state index contributed by atoms with van der Waals surface area (Å²) in [6.07, 6.45) is 7.67. The first-order valence-corrected chi connectivity index (χ1v) is 8.77. The molecule has 0 radical (unpaired) electrons. The van der Waals surface area contributed by atoms with E-state index in [1.165, 1.54) is 32.1 Å². The summed E-state index contributed by atoms with van der Waals surface area (Å²) in [4.78, 5) is 0. The van der Waals surface area contributed by atoms with Crippen molar-refractivity contribution in [3.05, 3.63) is 28.2 Å². The van der Waals surface area contributed by atoms with Gasteiger partial charge in [0.25, 0.3) is 0 Å². The number of hydrogen-bond donors (Lipinski definition) is 1. The Balaban J connectivity index is 1.72. The van der Waals surface area contributed by atoms with Crippen LogP contribution in [0.15, 0.2) is 18.2 Å². The monoisotopic (exact) mass is 327 g/mol. The number of hydrogen-bond acceptors (Lipinski definition) is 2. The zero-order valence-corrected chi connectivity index (χ0v) is 14.0. The van der Waals surface area contributed by atoms with E-state index in [0.717, 1.165) is 18.7 Å². The Labute approximate surface area is 137 Å². The summed E-state index contributed by atoms with van der Waals surface area (Å²) < 4.78 is 6.25. The summed E-state index contributed by atoms with van der Waals surface area (Å²) in [5.74, 6) is 0.731. The van der Waals surface area contributed by atoms with Crippen LogP contribution in [0.2, 0.25) is 10.0 Å². The van der Waals surface area contributed by atoms with Gasteiger partial charge in [-0.05, 0) is 37.9 Å². The highest BCUT2D eigenvalue weighted by Gasteiger charge is 2.57. The standard InChI is InChI=1S/C17H23Cl2NO/c1-2-10-20-14-11-15(17(14)8-3-4-9-17)21-13-7-5-6-12(18)16(13)19/h5-7,14-15,20H,2-4,8-11H2,1H3. The van der Waals surface area contributed by atoms with Crippen LogP contribution in [-0.4, -0.2) is 18.7 Å². The van der Waals surface area contributed by atoms with E-state index in [9.17, 15) is 0 Å². The van der Waals surface area contributed by atoms with Crippen LogP contribution in [-0.2, 0) is 0 Å². The largest absolute Gasteiger partial charge is 0.488 e. The molecule has 2 aliphatic rings. The fraction of sp³-hybridized carbons (Fsp3) is 0.647. The van der Waals surface area contributed by atoms with Gasteiger partial charge in [-0.3, -0.25) is 0 Å². The van der Waals surface area contributed by atoms with Crippen LogP contribution in [0.3, 0.4) is 0 Å². The van der Waals surface area contributed by atoms with Gasteiger partial charge in [0.15, 0.2) is 0 Å². The molecule has 4 heteroatoms. The van der Waals surface area contributed by atoms with Crippen LogP contribution >= 0.6 is 23.2 Å². The van der Waals surface area contributed by atoms with Crippen LogP contribution < -0.4 is 10.1 Å². The summed E-state index contributed by atoms with van der Waals surface area (Å²) in [5.41, 5.74) is 0.306. The van der Waals surface area contributed by atoms with E-state index in [2.05, 4.69) is 12.2 Å². The minimum atomic E-state index is 0.269. The maximum atomic E-state index is 6.26. The van der Waals surface area contributed by atoms with Gasteiger partial charge in [0.05, 0.1) is 5.02 Å². The van der Waals surface area contributed by atoms with Crippen molar-refractivity contribution >= 4 is 23.2 Å². The Hall–Kier alpha value is -0.440. The summed E-state index contributed by atoms with van der Waals surface area (Å²) in [6, 6.07) is 6.22. The van der Waals surface area contributed by atoms with Crippen LogP contribution in [0, 0.1) is 5.41 Å². The maximum Gasteiger partial charge on any atom is 0.139 e. The van der Waals surface area contributed by atoms with Crippen molar-refractivity contribution in [2.75, 3.05) is 6.54 Å². The van der Waals surface area contributed by atoms with Gasteiger partial charge >= 0.3 is 0 Å². The second-order valence-corrected chi connectivity index (χ2v) is 7.13. The molecular weight excluding hydrogens is 305 g/mol. The molecule has 3 rings (SSSR count). The van der Waals surface area contributed by atoms with Crippen molar-refractivity contribution in [2.24, 2.45) is 5.41 Å². The second-order valence-electron chi connectivity index (χ2n) is 6.34. The lowest BCUT2D eigenvalue weighted by Crippen LogP contribution is -2.63. The Morgan fingerprint density at radius 1 is 1.29 bits per heavy atom. The molecule has 2 unspecified atom stereocenters. The summed E-state index contributed by atoms with van der Waals surface area (Å²) >= 11 is 12.3. The maximum absolute atomic E-state index is 6.26. The zero-order chi connectivity index (χ0) is 14.9. The third kappa shape index (κ3) is 2.78. The Bertz CT molecular complexity index is 500. The quantitative estimate of drug-likeness (QED) is 0.814. The van der Waals surface area contributed by atoms with E-state index in [1.807, 2.05) is 12.1 Å². The first-order chi connectivity index (χ1) is 10.2. The minimum absolute atomic E-state index is 0.269. The number of benzene rings is 1. The highest BCUT2D eigenvalue weighted by molar-refractivity contribution is 6.42. The zero-order valence-electron chi connectivity index (χ0n) is 12.5. The molecule has 2 aliphatic carbocycles. The molecule has 0 bridgehead atoms. The topological polar surface area (TPSA) is 21.3 Å². The smallest absolute Gasteiger partial charge is 0.139 e. The molecule has 2 fully saturated rings. The Morgan fingerprint density at radius 2 is 2.05 bits per heavy atom. The van der Waals surface area contributed by atoms with Crippen LogP contribution in [0.5, 0.6) is 5.75 Å². The van der Waals surface area contributed by atoms with Gasteiger partial charge in [0.2, 0.25) is 0 Å². The Kier molecular flexibility index (Phi) is 4.68. The van der Waals surface area contributed by atoms with Gasteiger partial charge in [-0.1, -0.05) is 49.0 Å². The lowest BCUT2D eigenvalue weighted by atomic mass is 9.60. The van der Waals surface area contributed by atoms with Gasteiger partial charge < -0.3 is 10.1 Å². The van der Waals surface area contributed by atoms with Crippen molar-refractivity contribution < 1.29 is 4.74 Å². The van der Waals surface area contributed by atoms with Crippen LogP contribution in [0.4, 0.5) is 0 Å². The lowest BCUT2D eigenvalue weighted by Gasteiger charge is -2.54. The fourth-order valence-electron chi connectivity index (χ4n) is 3.95. The van der Waals surface area contributed by atoms with Gasteiger partial charge in [-0.25, -0.2) is 0 Å². The molecule has 1 N–H and O–H groups in total. The molecule has 2 saturated carbocycles. The third-order valence-corrected chi connectivity index (χ3v) is 5.95. The predicted molar refractivity (Wildman–Crippen MR) is 88.5 cm³/mol. The average Bonchev–Trinajstić information content (AvgIpc) is 2.99. The van der Waals surface area contributed by atoms with E-state index >= 15 is 0 Å². The molecule has 2 nitrogen and oxygen atoms in total. The number of ether oxygens (including phenoxy) is 1. The van der Waals surface area contributed by atoms with Crippen molar-refractivity contribution in [3.63, 3.8) is 0 Å². The molecule has 116 valence electrons. The van der Waals surface area contributed by atoms with E-state index in [-0.39, 0.29) is 6.10 Å². The molecule has 1 spiro atoms. The number of rotatable bonds is 5. The van der Waals surface area contributed by atoms with Gasteiger partial charge in [-0.15, -0.1) is 0 Å². The number of nitrogens with one attached hydrogen (secondary N) is 1. The molecule has 1 aromatic carbocycles. The predicted octanol–water partition coefficient (Wildman–Crippen LogP) is 5.07. The summed E-state index contributed by atoms with van der Waals surface area (Å²) in [7, 11) is 0. The molecular formula is C17H23Cl2NO. The first-order valence-electron chi connectivity index (χ1n) is 8.01. The van der Waals surface area contributed by atoms with Crippen molar-refractivity contribution in [1.29, 1.82) is 0 Å². The second kappa shape index (κ2) is 6.36.